The van der Waals surface area contributed by atoms with Crippen LogP contribution in [0.5, 0.6) is 0 Å². The summed E-state index contributed by atoms with van der Waals surface area (Å²) < 4.78 is 5.31. The highest BCUT2D eigenvalue weighted by Gasteiger charge is 2.31. The summed E-state index contributed by atoms with van der Waals surface area (Å²) in [4.78, 5) is 14.1. The minimum Gasteiger partial charge on any atom is -0.371 e. The van der Waals surface area contributed by atoms with Crippen LogP contribution in [0, 0.1) is 30.1 Å². The molecule has 1 saturated heterocycles. The number of piperidine rings is 1. The highest BCUT2D eigenvalue weighted by Crippen LogP contribution is 2.35. The van der Waals surface area contributed by atoms with Gasteiger partial charge in [-0.1, -0.05) is 31.0 Å². The van der Waals surface area contributed by atoms with Crippen LogP contribution in [0.25, 0.3) is 0 Å². The SMILES string of the molecule is COC(C(N)=O)C1CCC(CCN2CCC(c3cccc(C)c3C#N)CC2)CC1. The Morgan fingerprint density at radius 1 is 1.24 bits per heavy atom. The van der Waals surface area contributed by atoms with Gasteiger partial charge in [0.05, 0.1) is 11.6 Å². The fourth-order valence-electron chi connectivity index (χ4n) is 5.34. The van der Waals surface area contributed by atoms with E-state index in [-0.39, 0.29) is 11.8 Å². The predicted octanol–water partition coefficient (Wildman–Crippen LogP) is 3.74. The third kappa shape index (κ3) is 5.38. The van der Waals surface area contributed by atoms with E-state index in [1.165, 1.54) is 24.8 Å². The van der Waals surface area contributed by atoms with E-state index in [1.807, 2.05) is 13.0 Å². The number of hydrogen-bond acceptors (Lipinski definition) is 4. The van der Waals surface area contributed by atoms with Crippen molar-refractivity contribution in [2.45, 2.75) is 63.9 Å². The molecule has 0 aromatic heterocycles. The largest absolute Gasteiger partial charge is 0.371 e. The molecular weight excluding hydrogens is 362 g/mol. The average molecular weight is 398 g/mol. The van der Waals surface area contributed by atoms with Crippen LogP contribution in [-0.4, -0.2) is 43.7 Å². The minimum atomic E-state index is -0.421. The second kappa shape index (κ2) is 10.2. The number of methoxy groups -OCH3 is 1. The first-order valence-electron chi connectivity index (χ1n) is 11.1. The summed E-state index contributed by atoms with van der Waals surface area (Å²) >= 11 is 0. The van der Waals surface area contributed by atoms with Crippen molar-refractivity contribution in [3.63, 3.8) is 0 Å². The summed E-state index contributed by atoms with van der Waals surface area (Å²) in [5.74, 6) is 1.22. The molecule has 1 heterocycles. The lowest BCUT2D eigenvalue weighted by molar-refractivity contribution is -0.131. The maximum absolute atomic E-state index is 11.5. The lowest BCUT2D eigenvalue weighted by Crippen LogP contribution is -2.39. The number of amides is 1. The number of carbonyl (C=O) groups is 1. The van der Waals surface area contributed by atoms with Gasteiger partial charge in [-0.3, -0.25) is 4.79 Å². The van der Waals surface area contributed by atoms with Crippen LogP contribution in [0.1, 0.15) is 67.6 Å². The van der Waals surface area contributed by atoms with Crippen LogP contribution in [0.4, 0.5) is 0 Å². The van der Waals surface area contributed by atoms with Crippen molar-refractivity contribution in [3.8, 4) is 6.07 Å². The van der Waals surface area contributed by atoms with Gasteiger partial charge >= 0.3 is 0 Å². The van der Waals surface area contributed by atoms with Crippen molar-refractivity contribution in [3.05, 3.63) is 34.9 Å². The van der Waals surface area contributed by atoms with Gasteiger partial charge in [0.1, 0.15) is 6.10 Å². The van der Waals surface area contributed by atoms with Gasteiger partial charge in [-0.2, -0.15) is 5.26 Å². The number of ether oxygens (including phenoxy) is 1. The molecule has 3 rings (SSSR count). The minimum absolute atomic E-state index is 0.285. The van der Waals surface area contributed by atoms with E-state index in [4.69, 9.17) is 10.5 Å². The van der Waals surface area contributed by atoms with Gasteiger partial charge < -0.3 is 15.4 Å². The number of benzene rings is 1. The number of nitrogens with zero attached hydrogens (tertiary/aromatic N) is 2. The Kier molecular flexibility index (Phi) is 7.69. The lowest BCUT2D eigenvalue weighted by atomic mass is 9.78. The van der Waals surface area contributed by atoms with Gasteiger partial charge in [-0.15, -0.1) is 0 Å². The molecule has 5 nitrogen and oxygen atoms in total. The Labute approximate surface area is 175 Å². The molecule has 2 fully saturated rings. The van der Waals surface area contributed by atoms with Gasteiger partial charge in [-0.05, 0) is 87.5 Å². The Morgan fingerprint density at radius 2 is 1.93 bits per heavy atom. The molecule has 0 radical (unpaired) electrons. The maximum atomic E-state index is 11.5. The van der Waals surface area contributed by atoms with E-state index >= 15 is 0 Å². The number of aryl methyl sites for hydroxylation is 1. The number of nitriles is 1. The third-order valence-corrected chi connectivity index (χ3v) is 7.15. The molecule has 2 N–H and O–H groups in total. The number of nitrogens with two attached hydrogens (primary N) is 1. The second-order valence-electron chi connectivity index (χ2n) is 8.90. The molecule has 158 valence electrons. The van der Waals surface area contributed by atoms with Crippen molar-refractivity contribution >= 4 is 5.91 Å². The highest BCUT2D eigenvalue weighted by molar-refractivity contribution is 5.79. The molecule has 1 aliphatic heterocycles. The molecule has 1 amide bonds. The van der Waals surface area contributed by atoms with E-state index in [9.17, 15) is 10.1 Å². The second-order valence-corrected chi connectivity index (χ2v) is 8.90. The van der Waals surface area contributed by atoms with Crippen molar-refractivity contribution in [1.82, 2.24) is 4.90 Å². The van der Waals surface area contributed by atoms with Crippen LogP contribution < -0.4 is 5.73 Å². The number of primary amides is 1. The zero-order chi connectivity index (χ0) is 20.8. The normalized spacial score (nSPS) is 24.7. The lowest BCUT2D eigenvalue weighted by Gasteiger charge is -2.35. The Morgan fingerprint density at radius 3 is 2.52 bits per heavy atom. The van der Waals surface area contributed by atoms with Gasteiger partial charge in [0, 0.05) is 7.11 Å². The van der Waals surface area contributed by atoms with Gasteiger partial charge in [0.2, 0.25) is 5.91 Å². The maximum Gasteiger partial charge on any atom is 0.246 e. The quantitative estimate of drug-likeness (QED) is 0.760. The van der Waals surface area contributed by atoms with E-state index in [0.29, 0.717) is 5.92 Å². The summed E-state index contributed by atoms with van der Waals surface area (Å²) in [5.41, 5.74) is 8.68. The van der Waals surface area contributed by atoms with Crippen LogP contribution in [0.15, 0.2) is 18.2 Å². The summed E-state index contributed by atoms with van der Waals surface area (Å²) in [6, 6.07) is 8.67. The zero-order valence-electron chi connectivity index (χ0n) is 17.9. The van der Waals surface area contributed by atoms with Crippen LogP contribution in [-0.2, 0) is 9.53 Å². The standard InChI is InChI=1S/C24H35N3O2/c1-17-4-3-5-21(22(17)16-25)19-11-14-27(15-12-19)13-10-18-6-8-20(9-7-18)23(29-2)24(26)28/h3-5,18-20,23H,6-15H2,1-2H3,(H2,26,28). The molecular formula is C24H35N3O2. The first-order chi connectivity index (χ1) is 14.0. The molecule has 1 atom stereocenters. The van der Waals surface area contributed by atoms with Crippen molar-refractivity contribution in [2.24, 2.45) is 17.6 Å². The number of rotatable bonds is 7. The smallest absolute Gasteiger partial charge is 0.246 e. The Bertz CT molecular complexity index is 726. The molecule has 1 aromatic rings. The average Bonchev–Trinajstić information content (AvgIpc) is 2.73. The summed E-state index contributed by atoms with van der Waals surface area (Å²) in [6.07, 6.45) is 7.51. The Balaban J connectivity index is 1.42. The molecule has 5 heteroatoms. The molecule has 29 heavy (non-hydrogen) atoms. The van der Waals surface area contributed by atoms with E-state index in [2.05, 4.69) is 23.1 Å². The van der Waals surface area contributed by atoms with Crippen molar-refractivity contribution < 1.29 is 9.53 Å². The van der Waals surface area contributed by atoms with Crippen LogP contribution in [0.2, 0.25) is 0 Å². The fraction of sp³-hybridized carbons (Fsp3) is 0.667. The number of hydrogen-bond donors (Lipinski definition) is 1. The first-order valence-corrected chi connectivity index (χ1v) is 11.1. The highest BCUT2D eigenvalue weighted by atomic mass is 16.5. The fourth-order valence-corrected chi connectivity index (χ4v) is 5.34. The number of carbonyl (C=O) groups excluding carboxylic acids is 1. The molecule has 1 saturated carbocycles. The predicted molar refractivity (Wildman–Crippen MR) is 114 cm³/mol. The summed E-state index contributed by atoms with van der Waals surface area (Å²) in [6.45, 7) is 5.42. The molecule has 1 aromatic carbocycles. The number of likely N-dealkylation sites (tertiary alicyclic amines) is 1. The van der Waals surface area contributed by atoms with Crippen molar-refractivity contribution in [1.29, 1.82) is 5.26 Å². The van der Waals surface area contributed by atoms with E-state index < -0.39 is 6.10 Å². The summed E-state index contributed by atoms with van der Waals surface area (Å²) in [5, 5.41) is 9.52. The van der Waals surface area contributed by atoms with Crippen LogP contribution in [0.3, 0.4) is 0 Å². The molecule has 1 aliphatic carbocycles. The zero-order valence-corrected chi connectivity index (χ0v) is 17.9. The third-order valence-electron chi connectivity index (χ3n) is 7.15. The van der Waals surface area contributed by atoms with Gasteiger partial charge in [-0.25, -0.2) is 0 Å². The topological polar surface area (TPSA) is 79.3 Å². The molecule has 0 spiro atoms. The molecule has 2 aliphatic rings. The van der Waals surface area contributed by atoms with Gasteiger partial charge in [0.15, 0.2) is 0 Å². The molecule has 1 unspecified atom stereocenters. The van der Waals surface area contributed by atoms with E-state index in [0.717, 1.165) is 62.4 Å². The van der Waals surface area contributed by atoms with Crippen LogP contribution >= 0.6 is 0 Å². The summed E-state index contributed by atoms with van der Waals surface area (Å²) in [7, 11) is 1.58. The molecule has 0 bridgehead atoms. The van der Waals surface area contributed by atoms with Gasteiger partial charge in [0.25, 0.3) is 0 Å². The first kappa shape index (κ1) is 21.8. The monoisotopic (exact) mass is 397 g/mol. The Hall–Kier alpha value is -1.90. The van der Waals surface area contributed by atoms with E-state index in [1.54, 1.807) is 7.11 Å². The van der Waals surface area contributed by atoms with Crippen molar-refractivity contribution in [2.75, 3.05) is 26.7 Å².